The normalized spacial score (nSPS) is 15.3. The standard InChI is InChI=1S/C26H18ClN3O6S/c1-2-35-25(32)21-22(15-6-4-3-5-7-15)28-26-29(23(21)16-8-10-17(27)11-9-16)24(31)19(37-26)14-18-12-13-20(36-18)30(33)34/h3-14,23H,2H2,1H3/b19-14+/t23-/m1/s1. The SMILES string of the molecule is CCOC(=O)C1=C(c2ccccc2)N=c2s/c(=C/c3ccc([N+](=O)[O-])o3)c(=O)n2[C@@H]1c1ccc(Cl)cc1. The van der Waals surface area contributed by atoms with E-state index in [9.17, 15) is 19.7 Å². The van der Waals surface area contributed by atoms with Crippen molar-refractivity contribution in [2.75, 3.05) is 6.61 Å². The number of halogens is 1. The summed E-state index contributed by atoms with van der Waals surface area (Å²) in [6.45, 7) is 1.84. The fourth-order valence-corrected chi connectivity index (χ4v) is 5.15. The third-order valence-corrected chi connectivity index (χ3v) is 6.86. The number of hydrogen-bond donors (Lipinski definition) is 0. The molecule has 1 aliphatic rings. The Morgan fingerprint density at radius 3 is 2.57 bits per heavy atom. The summed E-state index contributed by atoms with van der Waals surface area (Å²) in [6.07, 6.45) is 1.42. The predicted molar refractivity (Wildman–Crippen MR) is 138 cm³/mol. The molecule has 37 heavy (non-hydrogen) atoms. The van der Waals surface area contributed by atoms with Crippen LogP contribution < -0.4 is 14.9 Å². The van der Waals surface area contributed by atoms with Crippen molar-refractivity contribution in [3.05, 3.63) is 124 Å². The number of rotatable bonds is 6. The fraction of sp³-hybridized carbons (Fsp3) is 0.115. The summed E-state index contributed by atoms with van der Waals surface area (Å²) in [4.78, 5) is 42.5. The Morgan fingerprint density at radius 1 is 1.19 bits per heavy atom. The molecule has 1 aliphatic heterocycles. The van der Waals surface area contributed by atoms with E-state index in [1.54, 1.807) is 31.2 Å². The Balaban J connectivity index is 1.80. The summed E-state index contributed by atoms with van der Waals surface area (Å²) in [7, 11) is 0. The lowest BCUT2D eigenvalue weighted by molar-refractivity contribution is -0.402. The third kappa shape index (κ3) is 4.64. The molecular formula is C26H18ClN3O6S. The number of nitro groups is 1. The number of carbonyl (C=O) groups excluding carboxylic acids is 1. The van der Waals surface area contributed by atoms with Crippen molar-refractivity contribution in [1.29, 1.82) is 0 Å². The molecule has 0 saturated carbocycles. The van der Waals surface area contributed by atoms with Gasteiger partial charge in [0.1, 0.15) is 10.7 Å². The van der Waals surface area contributed by atoms with Gasteiger partial charge in [-0.25, -0.2) is 9.79 Å². The van der Waals surface area contributed by atoms with Crippen LogP contribution in [0.5, 0.6) is 0 Å². The summed E-state index contributed by atoms with van der Waals surface area (Å²) in [6, 6.07) is 17.8. The number of benzene rings is 2. The number of esters is 1. The maximum Gasteiger partial charge on any atom is 0.433 e. The van der Waals surface area contributed by atoms with Crippen molar-refractivity contribution in [2.45, 2.75) is 13.0 Å². The molecule has 0 N–H and O–H groups in total. The molecule has 1 atom stereocenters. The second-order valence-electron chi connectivity index (χ2n) is 7.92. The van der Waals surface area contributed by atoms with Crippen LogP contribution in [-0.2, 0) is 9.53 Å². The molecule has 3 heterocycles. The summed E-state index contributed by atoms with van der Waals surface area (Å²) in [5.74, 6) is -0.886. The van der Waals surface area contributed by atoms with Gasteiger partial charge in [0, 0.05) is 16.7 Å². The van der Waals surface area contributed by atoms with Crippen molar-refractivity contribution in [3.63, 3.8) is 0 Å². The lowest BCUT2D eigenvalue weighted by atomic mass is 9.93. The van der Waals surface area contributed by atoms with Crippen LogP contribution in [0, 0.1) is 10.1 Å². The first kappa shape index (κ1) is 24.4. The van der Waals surface area contributed by atoms with E-state index in [0.717, 1.165) is 11.3 Å². The van der Waals surface area contributed by atoms with E-state index in [-0.39, 0.29) is 22.5 Å². The zero-order chi connectivity index (χ0) is 26.1. The van der Waals surface area contributed by atoms with Gasteiger partial charge >= 0.3 is 11.9 Å². The zero-order valence-corrected chi connectivity index (χ0v) is 20.9. The van der Waals surface area contributed by atoms with Gasteiger partial charge in [-0.15, -0.1) is 0 Å². The van der Waals surface area contributed by atoms with E-state index in [4.69, 9.17) is 25.7 Å². The van der Waals surface area contributed by atoms with Gasteiger partial charge < -0.3 is 9.15 Å². The van der Waals surface area contributed by atoms with E-state index < -0.39 is 28.4 Å². The van der Waals surface area contributed by atoms with Gasteiger partial charge in [-0.1, -0.05) is 65.4 Å². The molecule has 0 amide bonds. The van der Waals surface area contributed by atoms with E-state index in [2.05, 4.69) is 0 Å². The van der Waals surface area contributed by atoms with Gasteiger partial charge in [-0.05, 0) is 30.7 Å². The number of furan rings is 1. The molecule has 0 bridgehead atoms. The largest absolute Gasteiger partial charge is 0.463 e. The number of aromatic nitrogens is 1. The smallest absolute Gasteiger partial charge is 0.433 e. The zero-order valence-electron chi connectivity index (χ0n) is 19.3. The quantitative estimate of drug-likeness (QED) is 0.208. The van der Waals surface area contributed by atoms with E-state index in [1.807, 2.05) is 30.3 Å². The highest BCUT2D eigenvalue weighted by molar-refractivity contribution is 7.07. The van der Waals surface area contributed by atoms with Crippen LogP contribution in [0.15, 0.2) is 86.5 Å². The van der Waals surface area contributed by atoms with Gasteiger partial charge in [0.2, 0.25) is 0 Å². The summed E-state index contributed by atoms with van der Waals surface area (Å²) in [5.41, 5.74) is 1.49. The van der Waals surface area contributed by atoms with Crippen LogP contribution >= 0.6 is 22.9 Å². The van der Waals surface area contributed by atoms with Gasteiger partial charge in [-0.2, -0.15) is 0 Å². The highest BCUT2D eigenvalue weighted by atomic mass is 35.5. The average molecular weight is 536 g/mol. The third-order valence-electron chi connectivity index (χ3n) is 5.63. The van der Waals surface area contributed by atoms with Crippen molar-refractivity contribution in [2.24, 2.45) is 4.99 Å². The molecule has 0 spiro atoms. The number of thiazole rings is 1. The first-order valence-electron chi connectivity index (χ1n) is 11.2. The number of fused-ring (bicyclic) bond motifs is 1. The Bertz CT molecular complexity index is 1720. The van der Waals surface area contributed by atoms with Crippen LogP contribution in [0.2, 0.25) is 5.02 Å². The minimum Gasteiger partial charge on any atom is -0.463 e. The highest BCUT2D eigenvalue weighted by Gasteiger charge is 2.35. The first-order valence-corrected chi connectivity index (χ1v) is 12.3. The second-order valence-corrected chi connectivity index (χ2v) is 9.36. The summed E-state index contributed by atoms with van der Waals surface area (Å²) >= 11 is 7.21. The molecule has 4 aromatic rings. The van der Waals surface area contributed by atoms with Crippen LogP contribution in [-0.4, -0.2) is 22.1 Å². The molecule has 0 radical (unpaired) electrons. The molecule has 2 aromatic carbocycles. The molecule has 5 rings (SSSR count). The van der Waals surface area contributed by atoms with Crippen LogP contribution in [0.4, 0.5) is 5.88 Å². The van der Waals surface area contributed by atoms with Crippen molar-refractivity contribution >= 4 is 46.6 Å². The van der Waals surface area contributed by atoms with Crippen molar-refractivity contribution in [3.8, 4) is 0 Å². The maximum atomic E-state index is 13.7. The van der Waals surface area contributed by atoms with Gasteiger partial charge in [0.05, 0.1) is 34.5 Å². The maximum absolute atomic E-state index is 13.7. The molecule has 186 valence electrons. The van der Waals surface area contributed by atoms with Crippen molar-refractivity contribution in [1.82, 2.24) is 4.57 Å². The Hall–Kier alpha value is -4.28. The van der Waals surface area contributed by atoms with Gasteiger partial charge in [0.25, 0.3) is 5.56 Å². The molecule has 11 heteroatoms. The minimum absolute atomic E-state index is 0.138. The fourth-order valence-electron chi connectivity index (χ4n) is 4.05. The molecule has 2 aromatic heterocycles. The first-order chi connectivity index (χ1) is 17.9. The summed E-state index contributed by atoms with van der Waals surface area (Å²) < 4.78 is 12.3. The number of carbonyl (C=O) groups is 1. The molecule has 0 saturated heterocycles. The van der Waals surface area contributed by atoms with Crippen LogP contribution in [0.1, 0.15) is 29.9 Å². The monoisotopic (exact) mass is 535 g/mol. The van der Waals surface area contributed by atoms with Gasteiger partial charge in [0.15, 0.2) is 4.80 Å². The number of ether oxygens (including phenoxy) is 1. The average Bonchev–Trinajstić information content (AvgIpc) is 3.49. The Labute approximate surface area is 218 Å². The van der Waals surface area contributed by atoms with Crippen molar-refractivity contribution < 1.29 is 18.9 Å². The van der Waals surface area contributed by atoms with E-state index in [0.29, 0.717) is 26.6 Å². The molecule has 9 nitrogen and oxygen atoms in total. The van der Waals surface area contributed by atoms with Crippen LogP contribution in [0.25, 0.3) is 11.8 Å². The second kappa shape index (κ2) is 10.00. The predicted octanol–water partition coefficient (Wildman–Crippen LogP) is 4.09. The molecule has 0 unspecified atom stereocenters. The Kier molecular flexibility index (Phi) is 6.60. The lowest BCUT2D eigenvalue weighted by Gasteiger charge is -2.25. The Morgan fingerprint density at radius 2 is 1.92 bits per heavy atom. The summed E-state index contributed by atoms with van der Waals surface area (Å²) in [5, 5.41) is 11.5. The molecular weight excluding hydrogens is 518 g/mol. The molecule has 0 aliphatic carbocycles. The lowest BCUT2D eigenvalue weighted by Crippen LogP contribution is -2.39. The number of nitrogens with zero attached hydrogens (tertiary/aromatic N) is 3. The van der Waals surface area contributed by atoms with Crippen LogP contribution in [0.3, 0.4) is 0 Å². The topological polar surface area (TPSA) is 117 Å². The number of hydrogen-bond acceptors (Lipinski definition) is 8. The van der Waals surface area contributed by atoms with Gasteiger partial charge in [-0.3, -0.25) is 19.5 Å². The van der Waals surface area contributed by atoms with E-state index in [1.165, 1.54) is 22.8 Å². The highest BCUT2D eigenvalue weighted by Crippen LogP contribution is 2.35. The van der Waals surface area contributed by atoms with E-state index >= 15 is 0 Å². The minimum atomic E-state index is -0.851. The molecule has 0 fully saturated rings.